The van der Waals surface area contributed by atoms with Gasteiger partial charge in [0.1, 0.15) is 11.6 Å². The van der Waals surface area contributed by atoms with Crippen molar-refractivity contribution in [1.82, 2.24) is 14.8 Å². The Morgan fingerprint density at radius 1 is 1.33 bits per heavy atom. The van der Waals surface area contributed by atoms with Crippen LogP contribution in [-0.2, 0) is 13.0 Å². The second-order valence-electron chi connectivity index (χ2n) is 5.08. The van der Waals surface area contributed by atoms with Gasteiger partial charge in [-0.25, -0.2) is 0 Å². The van der Waals surface area contributed by atoms with E-state index in [-0.39, 0.29) is 11.5 Å². The largest absolute Gasteiger partial charge is 0.327 e. The van der Waals surface area contributed by atoms with Crippen LogP contribution in [0.5, 0.6) is 0 Å². The summed E-state index contributed by atoms with van der Waals surface area (Å²) in [5.41, 5.74) is 6.24. The van der Waals surface area contributed by atoms with Crippen molar-refractivity contribution < 1.29 is 0 Å². The van der Waals surface area contributed by atoms with E-state index in [0.29, 0.717) is 0 Å². The lowest BCUT2D eigenvalue weighted by Gasteiger charge is -2.26. The zero-order chi connectivity index (χ0) is 11.6. The van der Waals surface area contributed by atoms with E-state index >= 15 is 0 Å². The highest BCUT2D eigenvalue weighted by Gasteiger charge is 2.23. The van der Waals surface area contributed by atoms with Gasteiger partial charge >= 0.3 is 0 Å². The Balaban J connectivity index is 2.81. The Kier molecular flexibility index (Phi) is 3.50. The maximum absolute atomic E-state index is 6.13. The summed E-state index contributed by atoms with van der Waals surface area (Å²) in [4.78, 5) is 0. The number of aryl methyl sites for hydroxylation is 1. The molecule has 0 saturated heterocycles. The second kappa shape index (κ2) is 4.31. The van der Waals surface area contributed by atoms with Crippen molar-refractivity contribution in [3.63, 3.8) is 0 Å². The number of nitrogens with zero attached hydrogens (tertiary/aromatic N) is 3. The predicted molar refractivity (Wildman–Crippen MR) is 61.6 cm³/mol. The number of nitrogens with two attached hydrogens (primary N) is 1. The lowest BCUT2D eigenvalue weighted by Crippen LogP contribution is -2.37. The summed E-state index contributed by atoms with van der Waals surface area (Å²) < 4.78 is 2.12. The van der Waals surface area contributed by atoms with E-state index in [1.165, 1.54) is 0 Å². The molecule has 1 atom stereocenters. The van der Waals surface area contributed by atoms with Gasteiger partial charge in [-0.3, -0.25) is 0 Å². The monoisotopic (exact) mass is 210 g/mol. The topological polar surface area (TPSA) is 56.7 Å². The summed E-state index contributed by atoms with van der Waals surface area (Å²) in [7, 11) is 0. The normalized spacial score (nSPS) is 14.3. The zero-order valence-corrected chi connectivity index (χ0v) is 10.4. The van der Waals surface area contributed by atoms with Gasteiger partial charge in [0.25, 0.3) is 0 Å². The fourth-order valence-corrected chi connectivity index (χ4v) is 1.49. The van der Waals surface area contributed by atoms with E-state index in [2.05, 4.69) is 42.5 Å². The Hall–Kier alpha value is -0.900. The van der Waals surface area contributed by atoms with Crippen LogP contribution in [-0.4, -0.2) is 20.8 Å². The minimum Gasteiger partial charge on any atom is -0.327 e. The second-order valence-corrected chi connectivity index (χ2v) is 5.08. The third kappa shape index (κ3) is 2.78. The Bertz CT molecular complexity index is 322. The molecule has 0 aliphatic rings. The van der Waals surface area contributed by atoms with Crippen LogP contribution in [0, 0.1) is 12.3 Å². The fraction of sp³-hybridized carbons (Fsp3) is 0.818. The molecule has 1 aromatic rings. The highest BCUT2D eigenvalue weighted by molar-refractivity contribution is 4.98. The summed E-state index contributed by atoms with van der Waals surface area (Å²) in [5.74, 6) is 1.96. The highest BCUT2D eigenvalue weighted by atomic mass is 15.3. The molecule has 4 heteroatoms. The third-order valence-corrected chi connectivity index (χ3v) is 2.84. The average molecular weight is 210 g/mol. The van der Waals surface area contributed by atoms with E-state index in [1.807, 2.05) is 6.92 Å². The molecule has 86 valence electrons. The smallest absolute Gasteiger partial charge is 0.134 e. The van der Waals surface area contributed by atoms with Crippen molar-refractivity contribution in [3.05, 3.63) is 11.6 Å². The standard InChI is InChI=1S/C11H22N4/c1-6-15-8(2)13-14-10(15)7-9(12)11(3,4)5/h9H,6-7,12H2,1-5H3. The molecule has 0 saturated carbocycles. The number of aromatic nitrogens is 3. The zero-order valence-electron chi connectivity index (χ0n) is 10.4. The van der Waals surface area contributed by atoms with Gasteiger partial charge in [0, 0.05) is 19.0 Å². The molecule has 0 fully saturated rings. The molecule has 0 spiro atoms. The summed E-state index contributed by atoms with van der Waals surface area (Å²) in [5, 5.41) is 8.25. The molecule has 0 aliphatic heterocycles. The SMILES string of the molecule is CCn1c(C)nnc1CC(N)C(C)(C)C. The van der Waals surface area contributed by atoms with Crippen molar-refractivity contribution >= 4 is 0 Å². The van der Waals surface area contributed by atoms with Crippen molar-refractivity contribution in [3.8, 4) is 0 Å². The molecule has 0 radical (unpaired) electrons. The van der Waals surface area contributed by atoms with Crippen LogP contribution in [0.15, 0.2) is 0 Å². The van der Waals surface area contributed by atoms with E-state index in [9.17, 15) is 0 Å². The molecule has 0 aromatic carbocycles. The molecule has 1 aromatic heterocycles. The first-order valence-electron chi connectivity index (χ1n) is 5.50. The summed E-state index contributed by atoms with van der Waals surface area (Å²) in [6, 6.07) is 0.117. The van der Waals surface area contributed by atoms with Crippen LogP contribution < -0.4 is 5.73 Å². The molecular weight excluding hydrogens is 188 g/mol. The Morgan fingerprint density at radius 3 is 2.40 bits per heavy atom. The van der Waals surface area contributed by atoms with Crippen LogP contribution >= 0.6 is 0 Å². The first kappa shape index (κ1) is 12.2. The molecule has 15 heavy (non-hydrogen) atoms. The lowest BCUT2D eigenvalue weighted by atomic mass is 9.85. The molecule has 4 nitrogen and oxygen atoms in total. The predicted octanol–water partition coefficient (Wildman–Crippen LogP) is 1.52. The first-order chi connectivity index (χ1) is 6.86. The van der Waals surface area contributed by atoms with Gasteiger partial charge in [0.2, 0.25) is 0 Å². The summed E-state index contributed by atoms with van der Waals surface area (Å²) in [6.07, 6.45) is 0.790. The van der Waals surface area contributed by atoms with Crippen LogP contribution in [0.2, 0.25) is 0 Å². The van der Waals surface area contributed by atoms with Crippen LogP contribution in [0.3, 0.4) is 0 Å². The average Bonchev–Trinajstić information content (AvgIpc) is 2.45. The highest BCUT2D eigenvalue weighted by Crippen LogP contribution is 2.20. The minimum absolute atomic E-state index is 0.110. The molecule has 0 aliphatic carbocycles. The Morgan fingerprint density at radius 2 is 1.93 bits per heavy atom. The van der Waals surface area contributed by atoms with Crippen molar-refractivity contribution in [2.24, 2.45) is 11.1 Å². The fourth-order valence-electron chi connectivity index (χ4n) is 1.49. The third-order valence-electron chi connectivity index (χ3n) is 2.84. The van der Waals surface area contributed by atoms with Crippen LogP contribution in [0.1, 0.15) is 39.3 Å². The van der Waals surface area contributed by atoms with Crippen molar-refractivity contribution in [1.29, 1.82) is 0 Å². The lowest BCUT2D eigenvalue weighted by molar-refractivity contribution is 0.312. The van der Waals surface area contributed by atoms with Gasteiger partial charge in [-0.2, -0.15) is 0 Å². The van der Waals surface area contributed by atoms with E-state index in [4.69, 9.17) is 5.73 Å². The van der Waals surface area contributed by atoms with Crippen molar-refractivity contribution in [2.75, 3.05) is 0 Å². The Labute approximate surface area is 91.9 Å². The van der Waals surface area contributed by atoms with Gasteiger partial charge in [0.05, 0.1) is 0 Å². The number of rotatable bonds is 3. The number of hydrogen-bond donors (Lipinski definition) is 1. The quantitative estimate of drug-likeness (QED) is 0.823. The molecule has 2 N–H and O–H groups in total. The van der Waals surface area contributed by atoms with E-state index < -0.39 is 0 Å². The molecule has 1 heterocycles. The van der Waals surface area contributed by atoms with Crippen molar-refractivity contribution in [2.45, 2.75) is 53.6 Å². The maximum atomic E-state index is 6.13. The molecule has 1 unspecified atom stereocenters. The molecule has 0 amide bonds. The molecule has 0 bridgehead atoms. The summed E-state index contributed by atoms with van der Waals surface area (Å²) in [6.45, 7) is 11.4. The summed E-state index contributed by atoms with van der Waals surface area (Å²) >= 11 is 0. The van der Waals surface area contributed by atoms with Gasteiger partial charge in [-0.05, 0) is 19.3 Å². The minimum atomic E-state index is 0.110. The number of hydrogen-bond acceptors (Lipinski definition) is 3. The van der Waals surface area contributed by atoms with Crippen LogP contribution in [0.25, 0.3) is 0 Å². The van der Waals surface area contributed by atoms with Gasteiger partial charge in [-0.1, -0.05) is 20.8 Å². The van der Waals surface area contributed by atoms with E-state index in [0.717, 1.165) is 24.6 Å². The van der Waals surface area contributed by atoms with E-state index in [1.54, 1.807) is 0 Å². The van der Waals surface area contributed by atoms with Gasteiger partial charge in [-0.15, -0.1) is 10.2 Å². The maximum Gasteiger partial charge on any atom is 0.134 e. The van der Waals surface area contributed by atoms with Gasteiger partial charge in [0.15, 0.2) is 0 Å². The first-order valence-corrected chi connectivity index (χ1v) is 5.50. The molecular formula is C11H22N4. The van der Waals surface area contributed by atoms with Gasteiger partial charge < -0.3 is 10.3 Å². The van der Waals surface area contributed by atoms with Crippen LogP contribution in [0.4, 0.5) is 0 Å². The molecule has 1 rings (SSSR count).